The van der Waals surface area contributed by atoms with Crippen molar-refractivity contribution in [1.29, 1.82) is 0 Å². The fraction of sp³-hybridized carbons (Fsp3) is 1.00. The monoisotopic (exact) mass is 154 g/mol. The van der Waals surface area contributed by atoms with Crippen molar-refractivity contribution in [3.05, 3.63) is 0 Å². The van der Waals surface area contributed by atoms with Gasteiger partial charge in [-0.3, -0.25) is 0 Å². The van der Waals surface area contributed by atoms with Gasteiger partial charge in [-0.15, -0.1) is 0 Å². The standard InChI is InChI=1S/C4H11O3P.CH4/c1-4(2)3-7-8(5)6;/h4-6H,3H2,1-2H3;1H4. The predicted molar refractivity (Wildman–Crippen MR) is 38.9 cm³/mol. The lowest BCUT2D eigenvalue weighted by Gasteiger charge is -2.04. The second-order valence-corrected chi connectivity index (χ2v) is 2.71. The van der Waals surface area contributed by atoms with Gasteiger partial charge in [0.2, 0.25) is 0 Å². The van der Waals surface area contributed by atoms with Crippen molar-refractivity contribution in [2.75, 3.05) is 6.61 Å². The fourth-order valence-electron chi connectivity index (χ4n) is 0.216. The Morgan fingerprint density at radius 1 is 1.44 bits per heavy atom. The van der Waals surface area contributed by atoms with Crippen molar-refractivity contribution < 1.29 is 14.3 Å². The van der Waals surface area contributed by atoms with E-state index in [4.69, 9.17) is 9.79 Å². The quantitative estimate of drug-likeness (QED) is 0.606. The topological polar surface area (TPSA) is 49.7 Å². The van der Waals surface area contributed by atoms with Crippen LogP contribution in [0.25, 0.3) is 0 Å². The molecule has 0 bridgehead atoms. The van der Waals surface area contributed by atoms with Gasteiger partial charge in [-0.05, 0) is 5.92 Å². The summed E-state index contributed by atoms with van der Waals surface area (Å²) in [6.07, 6.45) is 0. The van der Waals surface area contributed by atoms with Gasteiger partial charge in [0.05, 0.1) is 6.61 Å². The Morgan fingerprint density at radius 2 is 1.89 bits per heavy atom. The van der Waals surface area contributed by atoms with E-state index < -0.39 is 8.60 Å². The van der Waals surface area contributed by atoms with Crippen molar-refractivity contribution >= 4 is 8.60 Å². The lowest BCUT2D eigenvalue weighted by molar-refractivity contribution is 0.226. The van der Waals surface area contributed by atoms with Crippen LogP contribution in [0.2, 0.25) is 0 Å². The maximum absolute atomic E-state index is 8.20. The molecule has 0 fully saturated rings. The largest absolute Gasteiger partial charge is 0.328 e. The summed E-state index contributed by atoms with van der Waals surface area (Å²) in [6.45, 7) is 4.30. The molecule has 0 spiro atoms. The fourth-order valence-corrected chi connectivity index (χ4v) is 0.647. The molecule has 0 heterocycles. The van der Waals surface area contributed by atoms with Crippen LogP contribution in [-0.4, -0.2) is 16.4 Å². The Labute approximate surface area is 57.7 Å². The highest BCUT2D eigenvalue weighted by Crippen LogP contribution is 2.24. The van der Waals surface area contributed by atoms with E-state index in [-0.39, 0.29) is 7.43 Å². The van der Waals surface area contributed by atoms with Gasteiger partial charge in [-0.25, -0.2) is 0 Å². The van der Waals surface area contributed by atoms with Gasteiger partial charge in [-0.1, -0.05) is 21.3 Å². The first kappa shape index (κ1) is 12.0. The third-order valence-corrected chi connectivity index (χ3v) is 0.903. The highest BCUT2D eigenvalue weighted by molar-refractivity contribution is 7.39. The molecule has 0 aliphatic rings. The molecule has 0 saturated heterocycles. The number of hydrogen-bond acceptors (Lipinski definition) is 3. The van der Waals surface area contributed by atoms with E-state index in [0.29, 0.717) is 12.5 Å². The van der Waals surface area contributed by atoms with E-state index in [1.165, 1.54) is 0 Å². The zero-order valence-electron chi connectivity index (χ0n) is 5.03. The summed E-state index contributed by atoms with van der Waals surface area (Å²) in [5.41, 5.74) is 0. The Morgan fingerprint density at radius 3 is 2.00 bits per heavy atom. The molecule has 0 amide bonds. The molecular formula is C5H15O3P. The van der Waals surface area contributed by atoms with Crippen molar-refractivity contribution in [2.24, 2.45) is 5.92 Å². The van der Waals surface area contributed by atoms with Crippen LogP contribution < -0.4 is 0 Å². The average Bonchev–Trinajstić information content (AvgIpc) is 1.61. The second kappa shape index (κ2) is 6.43. The lowest BCUT2D eigenvalue weighted by atomic mass is 10.2. The molecule has 2 N–H and O–H groups in total. The minimum atomic E-state index is -2.13. The summed E-state index contributed by atoms with van der Waals surface area (Å²) >= 11 is 0. The second-order valence-electron chi connectivity index (χ2n) is 1.94. The molecule has 3 nitrogen and oxygen atoms in total. The van der Waals surface area contributed by atoms with Crippen LogP contribution >= 0.6 is 8.60 Å². The van der Waals surface area contributed by atoms with E-state index in [2.05, 4.69) is 4.52 Å². The van der Waals surface area contributed by atoms with Crippen LogP contribution in [-0.2, 0) is 4.52 Å². The van der Waals surface area contributed by atoms with E-state index in [9.17, 15) is 0 Å². The summed E-state index contributed by atoms with van der Waals surface area (Å²) < 4.78 is 4.48. The molecule has 0 unspecified atom stereocenters. The van der Waals surface area contributed by atoms with E-state index in [0.717, 1.165) is 0 Å². The first-order valence-electron chi connectivity index (χ1n) is 2.43. The maximum Gasteiger partial charge on any atom is 0.327 e. The molecule has 0 aliphatic heterocycles. The molecule has 0 aromatic carbocycles. The molecule has 0 aromatic heterocycles. The molecule has 9 heavy (non-hydrogen) atoms. The van der Waals surface area contributed by atoms with Crippen molar-refractivity contribution in [2.45, 2.75) is 21.3 Å². The van der Waals surface area contributed by atoms with E-state index in [1.54, 1.807) is 0 Å². The minimum Gasteiger partial charge on any atom is -0.328 e. The van der Waals surface area contributed by atoms with Gasteiger partial charge in [0.15, 0.2) is 0 Å². The predicted octanol–water partition coefficient (Wildman–Crippen LogP) is 1.51. The maximum atomic E-state index is 8.20. The van der Waals surface area contributed by atoms with Gasteiger partial charge in [0.25, 0.3) is 0 Å². The Bertz CT molecular complexity index is 48.2. The molecular weight excluding hydrogens is 139 g/mol. The molecule has 0 saturated carbocycles. The normalized spacial score (nSPS) is 10.0. The Balaban J connectivity index is 0. The zero-order valence-corrected chi connectivity index (χ0v) is 5.93. The third kappa shape index (κ3) is 11.7. The van der Waals surface area contributed by atoms with Gasteiger partial charge < -0.3 is 14.3 Å². The van der Waals surface area contributed by atoms with Gasteiger partial charge in [-0.2, -0.15) is 0 Å². The summed E-state index contributed by atoms with van der Waals surface area (Å²) in [5.74, 6) is 0.360. The van der Waals surface area contributed by atoms with Crippen LogP contribution in [0, 0.1) is 5.92 Å². The van der Waals surface area contributed by atoms with Crippen molar-refractivity contribution in [3.8, 4) is 0 Å². The summed E-state index contributed by atoms with van der Waals surface area (Å²) in [6, 6.07) is 0. The number of hydrogen-bond donors (Lipinski definition) is 2. The first-order valence-corrected chi connectivity index (χ1v) is 3.60. The first-order chi connectivity index (χ1) is 3.63. The molecule has 0 aliphatic carbocycles. The molecule has 4 heteroatoms. The molecule has 58 valence electrons. The molecule has 0 rings (SSSR count). The number of rotatable bonds is 3. The SMILES string of the molecule is C.CC(C)COP(O)O. The Kier molecular flexibility index (Phi) is 8.60. The highest BCUT2D eigenvalue weighted by Gasteiger charge is 1.99. The van der Waals surface area contributed by atoms with Crippen LogP contribution in [0.5, 0.6) is 0 Å². The lowest BCUT2D eigenvalue weighted by Crippen LogP contribution is -1.96. The van der Waals surface area contributed by atoms with Crippen LogP contribution in [0.4, 0.5) is 0 Å². The molecule has 0 radical (unpaired) electrons. The van der Waals surface area contributed by atoms with Crippen LogP contribution in [0.15, 0.2) is 0 Å². The van der Waals surface area contributed by atoms with Gasteiger partial charge >= 0.3 is 8.60 Å². The van der Waals surface area contributed by atoms with Gasteiger partial charge in [0.1, 0.15) is 0 Å². The summed E-state index contributed by atoms with van der Waals surface area (Å²) in [7, 11) is -2.13. The van der Waals surface area contributed by atoms with Crippen LogP contribution in [0.3, 0.4) is 0 Å². The van der Waals surface area contributed by atoms with Crippen molar-refractivity contribution in [3.63, 3.8) is 0 Å². The smallest absolute Gasteiger partial charge is 0.327 e. The summed E-state index contributed by atoms with van der Waals surface area (Å²) in [4.78, 5) is 16.4. The van der Waals surface area contributed by atoms with Gasteiger partial charge in [0, 0.05) is 0 Å². The molecule has 0 atom stereocenters. The van der Waals surface area contributed by atoms with Crippen LogP contribution in [0.1, 0.15) is 21.3 Å². The highest BCUT2D eigenvalue weighted by atomic mass is 31.2. The van der Waals surface area contributed by atoms with E-state index in [1.807, 2.05) is 13.8 Å². The summed E-state index contributed by atoms with van der Waals surface area (Å²) in [5, 5.41) is 0. The third-order valence-electron chi connectivity index (χ3n) is 0.523. The van der Waals surface area contributed by atoms with E-state index >= 15 is 0 Å². The zero-order chi connectivity index (χ0) is 6.57. The van der Waals surface area contributed by atoms with Crippen molar-refractivity contribution in [1.82, 2.24) is 0 Å². The Hall–Kier alpha value is 0.310. The average molecular weight is 154 g/mol. The molecule has 0 aromatic rings. The minimum absolute atomic E-state index is 0.